The molecule has 0 aromatic carbocycles. The highest BCUT2D eigenvalue weighted by atomic mass is 16.1. The molecule has 0 amide bonds. The molecule has 0 unspecified atom stereocenters. The Bertz CT molecular complexity index is 510. The van der Waals surface area contributed by atoms with E-state index in [9.17, 15) is 4.79 Å². The summed E-state index contributed by atoms with van der Waals surface area (Å²) in [5.41, 5.74) is 1.63. The van der Waals surface area contributed by atoms with Crippen molar-refractivity contribution in [1.29, 1.82) is 0 Å². The molecule has 1 N–H and O–H groups in total. The summed E-state index contributed by atoms with van der Waals surface area (Å²) in [5.74, 6) is 0.852. The van der Waals surface area contributed by atoms with Crippen molar-refractivity contribution in [2.75, 3.05) is 5.32 Å². The topological polar surface area (TPSA) is 34.0 Å². The molecule has 0 radical (unpaired) electrons. The lowest BCUT2D eigenvalue weighted by Gasteiger charge is -2.39. The minimum absolute atomic E-state index is 0.0800. The summed E-state index contributed by atoms with van der Waals surface area (Å²) in [6.45, 7) is 9.85. The van der Waals surface area contributed by atoms with Crippen LogP contribution in [0.25, 0.3) is 0 Å². The molecule has 0 atom stereocenters. The van der Waals surface area contributed by atoms with E-state index in [1.807, 2.05) is 19.2 Å². The van der Waals surface area contributed by atoms with E-state index in [2.05, 4.69) is 26.1 Å². The van der Waals surface area contributed by atoms with E-state index in [1.54, 1.807) is 10.6 Å². The van der Waals surface area contributed by atoms with Gasteiger partial charge in [0.1, 0.15) is 0 Å². The standard InChI is InChI=1S/C18H30N2O/c1-5-18(3,4)14-7-9-15(10-8-14)19-16-11-12-17(21)20(6-2)13-16/h11-15,19H,5-10H2,1-4H3. The first kappa shape index (κ1) is 16.1. The van der Waals surface area contributed by atoms with Crippen LogP contribution in [0.5, 0.6) is 0 Å². The number of nitrogens with zero attached hydrogens (tertiary/aromatic N) is 1. The number of aromatic nitrogens is 1. The maximum atomic E-state index is 11.6. The summed E-state index contributed by atoms with van der Waals surface area (Å²) in [5, 5.41) is 3.61. The summed E-state index contributed by atoms with van der Waals surface area (Å²) in [7, 11) is 0. The fraction of sp³-hybridized carbons (Fsp3) is 0.722. The van der Waals surface area contributed by atoms with E-state index >= 15 is 0 Å². The number of nitrogens with one attached hydrogen (secondary N) is 1. The molecule has 1 fully saturated rings. The van der Waals surface area contributed by atoms with Gasteiger partial charge in [0.25, 0.3) is 5.56 Å². The molecule has 1 aliphatic carbocycles. The van der Waals surface area contributed by atoms with Gasteiger partial charge in [-0.3, -0.25) is 4.79 Å². The maximum absolute atomic E-state index is 11.6. The van der Waals surface area contributed by atoms with Crippen molar-refractivity contribution in [3.8, 4) is 0 Å². The van der Waals surface area contributed by atoms with E-state index in [-0.39, 0.29) is 5.56 Å². The summed E-state index contributed by atoms with van der Waals surface area (Å²) >= 11 is 0. The molecule has 1 saturated carbocycles. The van der Waals surface area contributed by atoms with Crippen molar-refractivity contribution in [1.82, 2.24) is 4.57 Å². The third-order valence-electron chi connectivity index (χ3n) is 5.44. The van der Waals surface area contributed by atoms with Crippen molar-refractivity contribution >= 4 is 5.69 Å². The lowest BCUT2D eigenvalue weighted by Crippen LogP contribution is -2.33. The summed E-state index contributed by atoms with van der Waals surface area (Å²) in [6, 6.07) is 4.13. The molecular formula is C18H30N2O. The first-order valence-electron chi connectivity index (χ1n) is 8.43. The Morgan fingerprint density at radius 3 is 2.43 bits per heavy atom. The Morgan fingerprint density at radius 1 is 1.19 bits per heavy atom. The lowest BCUT2D eigenvalue weighted by atomic mass is 9.69. The van der Waals surface area contributed by atoms with Gasteiger partial charge in [-0.1, -0.05) is 27.2 Å². The lowest BCUT2D eigenvalue weighted by molar-refractivity contribution is 0.147. The SMILES string of the molecule is CCn1cc(NC2CCC(C(C)(C)CC)CC2)ccc1=O. The van der Waals surface area contributed by atoms with Crippen LogP contribution in [0, 0.1) is 11.3 Å². The van der Waals surface area contributed by atoms with E-state index in [0.29, 0.717) is 11.5 Å². The molecule has 3 heteroatoms. The summed E-state index contributed by atoms with van der Waals surface area (Å²) in [6.07, 6.45) is 8.30. The van der Waals surface area contributed by atoms with Gasteiger partial charge < -0.3 is 9.88 Å². The quantitative estimate of drug-likeness (QED) is 0.878. The zero-order chi connectivity index (χ0) is 15.5. The highest BCUT2D eigenvalue weighted by Gasteiger charge is 2.31. The molecule has 1 heterocycles. The Kier molecular flexibility index (Phi) is 5.13. The van der Waals surface area contributed by atoms with Crippen molar-refractivity contribution in [3.05, 3.63) is 28.7 Å². The second-order valence-corrected chi connectivity index (χ2v) is 7.08. The molecule has 118 valence electrons. The van der Waals surface area contributed by atoms with Gasteiger partial charge in [0, 0.05) is 24.8 Å². The molecule has 0 aliphatic heterocycles. The third kappa shape index (κ3) is 3.90. The average molecular weight is 290 g/mol. The van der Waals surface area contributed by atoms with Crippen LogP contribution in [-0.2, 0) is 6.54 Å². The summed E-state index contributed by atoms with van der Waals surface area (Å²) < 4.78 is 1.76. The first-order chi connectivity index (χ1) is 9.96. The largest absolute Gasteiger partial charge is 0.381 e. The van der Waals surface area contributed by atoms with Gasteiger partial charge in [-0.15, -0.1) is 0 Å². The minimum atomic E-state index is 0.0800. The number of hydrogen-bond donors (Lipinski definition) is 1. The smallest absolute Gasteiger partial charge is 0.250 e. The molecule has 1 aromatic heterocycles. The van der Waals surface area contributed by atoms with Crippen molar-refractivity contribution in [2.45, 2.75) is 72.4 Å². The van der Waals surface area contributed by atoms with E-state index in [1.165, 1.54) is 32.1 Å². The molecule has 1 aromatic rings. The van der Waals surface area contributed by atoms with Crippen molar-refractivity contribution in [3.63, 3.8) is 0 Å². The molecule has 0 bridgehead atoms. The molecule has 0 saturated heterocycles. The van der Waals surface area contributed by atoms with Gasteiger partial charge in [0.05, 0.1) is 5.69 Å². The Morgan fingerprint density at radius 2 is 1.86 bits per heavy atom. The van der Waals surface area contributed by atoms with Crippen LogP contribution < -0.4 is 10.9 Å². The Labute approximate surface area is 128 Å². The van der Waals surface area contributed by atoms with E-state index in [0.717, 1.165) is 18.2 Å². The Balaban J connectivity index is 1.93. The van der Waals surface area contributed by atoms with Gasteiger partial charge in [0.2, 0.25) is 0 Å². The molecule has 2 rings (SSSR count). The second kappa shape index (κ2) is 6.67. The fourth-order valence-electron chi connectivity index (χ4n) is 3.41. The fourth-order valence-corrected chi connectivity index (χ4v) is 3.41. The number of anilines is 1. The van der Waals surface area contributed by atoms with Crippen LogP contribution in [-0.4, -0.2) is 10.6 Å². The van der Waals surface area contributed by atoms with Gasteiger partial charge in [-0.25, -0.2) is 0 Å². The predicted molar refractivity (Wildman–Crippen MR) is 89.8 cm³/mol. The Hall–Kier alpha value is -1.25. The molecule has 21 heavy (non-hydrogen) atoms. The average Bonchev–Trinajstić information content (AvgIpc) is 2.49. The van der Waals surface area contributed by atoms with E-state index in [4.69, 9.17) is 0 Å². The second-order valence-electron chi connectivity index (χ2n) is 7.08. The number of pyridine rings is 1. The van der Waals surface area contributed by atoms with Gasteiger partial charge in [-0.2, -0.15) is 0 Å². The molecular weight excluding hydrogens is 260 g/mol. The highest BCUT2D eigenvalue weighted by Crippen LogP contribution is 2.40. The number of hydrogen-bond acceptors (Lipinski definition) is 2. The summed E-state index contributed by atoms with van der Waals surface area (Å²) in [4.78, 5) is 11.6. The van der Waals surface area contributed by atoms with Crippen LogP contribution in [0.3, 0.4) is 0 Å². The van der Waals surface area contributed by atoms with Crippen LogP contribution in [0.15, 0.2) is 23.1 Å². The van der Waals surface area contributed by atoms with E-state index < -0.39 is 0 Å². The van der Waals surface area contributed by atoms with Crippen LogP contribution in [0.4, 0.5) is 5.69 Å². The number of rotatable bonds is 5. The van der Waals surface area contributed by atoms with Gasteiger partial charge in [0.15, 0.2) is 0 Å². The third-order valence-corrected chi connectivity index (χ3v) is 5.44. The van der Waals surface area contributed by atoms with Crippen LogP contribution >= 0.6 is 0 Å². The number of aryl methyl sites for hydroxylation is 1. The zero-order valence-corrected chi connectivity index (χ0v) is 14.0. The van der Waals surface area contributed by atoms with Gasteiger partial charge >= 0.3 is 0 Å². The first-order valence-corrected chi connectivity index (χ1v) is 8.43. The molecule has 1 aliphatic rings. The normalized spacial score (nSPS) is 23.0. The monoisotopic (exact) mass is 290 g/mol. The highest BCUT2D eigenvalue weighted by molar-refractivity contribution is 5.41. The van der Waals surface area contributed by atoms with Crippen molar-refractivity contribution in [2.24, 2.45) is 11.3 Å². The van der Waals surface area contributed by atoms with Gasteiger partial charge in [-0.05, 0) is 50.0 Å². The molecule has 3 nitrogen and oxygen atoms in total. The van der Waals surface area contributed by atoms with Crippen LogP contribution in [0.1, 0.15) is 59.8 Å². The van der Waals surface area contributed by atoms with Crippen LogP contribution in [0.2, 0.25) is 0 Å². The zero-order valence-electron chi connectivity index (χ0n) is 14.0. The predicted octanol–water partition coefficient (Wildman–Crippen LogP) is 4.28. The molecule has 0 spiro atoms. The minimum Gasteiger partial charge on any atom is -0.381 e. The maximum Gasteiger partial charge on any atom is 0.250 e. The van der Waals surface area contributed by atoms with Crippen molar-refractivity contribution < 1.29 is 0 Å².